The second-order valence-corrected chi connectivity index (χ2v) is 10.1. The van der Waals surface area contributed by atoms with Gasteiger partial charge < -0.3 is 19.3 Å². The van der Waals surface area contributed by atoms with Gasteiger partial charge in [-0.05, 0) is 56.3 Å². The number of ether oxygens (including phenoxy) is 1. The third-order valence-corrected chi connectivity index (χ3v) is 8.14. The molecule has 172 valence electrons. The van der Waals surface area contributed by atoms with Crippen LogP contribution in [0.5, 0.6) is 0 Å². The van der Waals surface area contributed by atoms with E-state index in [0.717, 1.165) is 43.0 Å². The van der Waals surface area contributed by atoms with Crippen molar-refractivity contribution in [2.45, 2.75) is 51.7 Å². The second-order valence-electron chi connectivity index (χ2n) is 10.1. The Morgan fingerprint density at radius 1 is 1.22 bits per heavy atom. The van der Waals surface area contributed by atoms with Crippen LogP contribution in [0.4, 0.5) is 0 Å². The van der Waals surface area contributed by atoms with E-state index in [1.807, 2.05) is 35.9 Å². The molecule has 5 rings (SSSR count). The Labute approximate surface area is 190 Å². The number of allylic oxidation sites excluding steroid dienone is 1. The van der Waals surface area contributed by atoms with Crippen LogP contribution < -0.4 is 0 Å². The molecule has 32 heavy (non-hydrogen) atoms. The van der Waals surface area contributed by atoms with Crippen molar-refractivity contribution in [1.29, 1.82) is 0 Å². The summed E-state index contributed by atoms with van der Waals surface area (Å²) < 4.78 is 8.26. The van der Waals surface area contributed by atoms with E-state index in [9.17, 15) is 9.90 Å². The lowest BCUT2D eigenvalue weighted by Gasteiger charge is -2.47. The zero-order valence-electron chi connectivity index (χ0n) is 19.4. The molecule has 5 unspecified atom stereocenters. The fourth-order valence-electron chi connectivity index (χ4n) is 6.01. The molecule has 6 nitrogen and oxygen atoms in total. The van der Waals surface area contributed by atoms with Crippen molar-refractivity contribution in [1.82, 2.24) is 14.5 Å². The molecule has 3 heterocycles. The van der Waals surface area contributed by atoms with Crippen LogP contribution in [0.15, 0.2) is 30.5 Å². The number of aryl methyl sites for hydroxylation is 1. The first-order valence-corrected chi connectivity index (χ1v) is 12.2. The lowest BCUT2D eigenvalue weighted by Crippen LogP contribution is -2.55. The van der Waals surface area contributed by atoms with Gasteiger partial charge in [0, 0.05) is 19.5 Å². The fraction of sp³-hybridized carbons (Fsp3) is 0.615. The second kappa shape index (κ2) is 8.64. The molecule has 5 atom stereocenters. The number of carbonyl (C=O) groups excluding carboxylic acids is 1. The van der Waals surface area contributed by atoms with E-state index >= 15 is 0 Å². The molecule has 0 radical (unpaired) electrons. The van der Waals surface area contributed by atoms with E-state index in [0.29, 0.717) is 17.8 Å². The first-order chi connectivity index (χ1) is 15.5. The molecule has 1 N–H and O–H groups in total. The number of para-hydroxylation sites is 2. The Morgan fingerprint density at radius 2 is 1.97 bits per heavy atom. The number of fused-ring (bicyclic) bond motifs is 2. The van der Waals surface area contributed by atoms with Crippen LogP contribution in [0.2, 0.25) is 0 Å². The molecule has 2 aliphatic heterocycles. The number of nitrogens with zero attached hydrogens (tertiary/aromatic N) is 3. The molecule has 6 heteroatoms. The van der Waals surface area contributed by atoms with E-state index in [4.69, 9.17) is 9.72 Å². The number of rotatable bonds is 4. The summed E-state index contributed by atoms with van der Waals surface area (Å²) in [5, 5.41) is 11.2. The van der Waals surface area contributed by atoms with Crippen molar-refractivity contribution in [3.8, 4) is 0 Å². The van der Waals surface area contributed by atoms with E-state index in [2.05, 4.69) is 18.7 Å². The van der Waals surface area contributed by atoms with Gasteiger partial charge in [0.25, 0.3) is 0 Å². The highest BCUT2D eigenvalue weighted by atomic mass is 16.5. The SMILES string of the molecule is CCC1CC2C(=O)C(c3nc4ccccc4n3C)=COC2C(CN2CCC(C)CC2)C1O. The number of aliphatic hydroxyl groups is 1. The summed E-state index contributed by atoms with van der Waals surface area (Å²) in [6, 6.07) is 7.93. The Kier molecular flexibility index (Phi) is 5.84. The summed E-state index contributed by atoms with van der Waals surface area (Å²) in [6.45, 7) is 7.35. The summed E-state index contributed by atoms with van der Waals surface area (Å²) in [6.07, 6.45) is 4.87. The predicted octanol–water partition coefficient (Wildman–Crippen LogP) is 3.64. The molecule has 2 aromatic rings. The average molecular weight is 438 g/mol. The van der Waals surface area contributed by atoms with Gasteiger partial charge in [-0.3, -0.25) is 4.79 Å². The minimum absolute atomic E-state index is 0.0469. The maximum atomic E-state index is 13.7. The van der Waals surface area contributed by atoms with Crippen molar-refractivity contribution in [3.05, 3.63) is 36.4 Å². The zero-order chi connectivity index (χ0) is 22.4. The molecule has 1 saturated carbocycles. The van der Waals surface area contributed by atoms with Crippen molar-refractivity contribution in [3.63, 3.8) is 0 Å². The lowest BCUT2D eigenvalue weighted by molar-refractivity contribution is -0.141. The molecular formula is C26H35N3O3. The summed E-state index contributed by atoms with van der Waals surface area (Å²) in [4.78, 5) is 20.9. The van der Waals surface area contributed by atoms with Gasteiger partial charge in [0.15, 0.2) is 5.78 Å². The monoisotopic (exact) mass is 437 g/mol. The van der Waals surface area contributed by atoms with Gasteiger partial charge >= 0.3 is 0 Å². The van der Waals surface area contributed by atoms with Crippen LogP contribution in [0.3, 0.4) is 0 Å². The molecule has 1 aromatic heterocycles. The van der Waals surface area contributed by atoms with Crippen LogP contribution in [0.1, 0.15) is 45.4 Å². The van der Waals surface area contributed by atoms with E-state index in [1.54, 1.807) is 6.26 Å². The molecule has 0 amide bonds. The van der Waals surface area contributed by atoms with Gasteiger partial charge in [-0.15, -0.1) is 0 Å². The molecule has 3 aliphatic rings. The molecule has 1 aliphatic carbocycles. The first-order valence-electron chi connectivity index (χ1n) is 12.2. The number of ketones is 1. The first kappa shape index (κ1) is 21.7. The molecule has 1 saturated heterocycles. The largest absolute Gasteiger partial charge is 0.496 e. The standard InChI is InChI=1S/C26H35N3O3/c1-4-17-13-18-24(31)20(26-27-21-7-5-6-8-22(21)28(26)3)15-32-25(18)19(23(17)30)14-29-11-9-16(2)10-12-29/h5-8,15-19,23,25,30H,4,9-14H2,1-3H3. The number of hydrogen-bond acceptors (Lipinski definition) is 5. The highest BCUT2D eigenvalue weighted by Gasteiger charge is 2.50. The predicted molar refractivity (Wildman–Crippen MR) is 125 cm³/mol. The Morgan fingerprint density at radius 3 is 2.69 bits per heavy atom. The minimum atomic E-state index is -0.431. The van der Waals surface area contributed by atoms with Gasteiger partial charge in [-0.1, -0.05) is 32.4 Å². The topological polar surface area (TPSA) is 67.6 Å². The highest BCUT2D eigenvalue weighted by Crippen LogP contribution is 2.43. The molecule has 2 fully saturated rings. The highest BCUT2D eigenvalue weighted by molar-refractivity contribution is 6.21. The Hall–Kier alpha value is -2.18. The number of Topliss-reactive ketones (excluding diaryl/α,β-unsaturated/α-hetero) is 1. The zero-order valence-corrected chi connectivity index (χ0v) is 19.4. The van der Waals surface area contributed by atoms with Crippen molar-refractivity contribution in [2.24, 2.45) is 30.7 Å². The van der Waals surface area contributed by atoms with Gasteiger partial charge in [0.1, 0.15) is 11.9 Å². The average Bonchev–Trinajstić information content (AvgIpc) is 3.13. The third-order valence-electron chi connectivity index (χ3n) is 8.14. The van der Waals surface area contributed by atoms with Crippen molar-refractivity contribution < 1.29 is 14.6 Å². The van der Waals surface area contributed by atoms with Gasteiger partial charge in [0.05, 0.1) is 34.9 Å². The lowest BCUT2D eigenvalue weighted by atomic mass is 9.67. The van der Waals surface area contributed by atoms with E-state index in [1.165, 1.54) is 12.8 Å². The number of imidazole rings is 1. The van der Waals surface area contributed by atoms with Crippen molar-refractivity contribution in [2.75, 3.05) is 19.6 Å². The van der Waals surface area contributed by atoms with E-state index < -0.39 is 6.10 Å². The van der Waals surface area contributed by atoms with Crippen molar-refractivity contribution >= 4 is 22.4 Å². The normalized spacial score (nSPS) is 31.9. The van der Waals surface area contributed by atoms with Gasteiger partial charge in [-0.2, -0.15) is 0 Å². The maximum absolute atomic E-state index is 13.7. The van der Waals surface area contributed by atoms with Crippen LogP contribution in [0, 0.1) is 23.7 Å². The van der Waals surface area contributed by atoms with Crippen LogP contribution >= 0.6 is 0 Å². The van der Waals surface area contributed by atoms with Crippen LogP contribution in [0.25, 0.3) is 16.6 Å². The summed E-state index contributed by atoms with van der Waals surface area (Å²) in [7, 11) is 1.95. The summed E-state index contributed by atoms with van der Waals surface area (Å²) >= 11 is 0. The smallest absolute Gasteiger partial charge is 0.176 e. The number of aliphatic hydroxyl groups excluding tert-OH is 1. The molecular weight excluding hydrogens is 402 g/mol. The number of benzene rings is 1. The van der Waals surface area contributed by atoms with Gasteiger partial charge in [-0.25, -0.2) is 4.98 Å². The molecule has 0 bridgehead atoms. The number of likely N-dealkylation sites (tertiary alicyclic amines) is 1. The van der Waals surface area contributed by atoms with Crippen LogP contribution in [-0.4, -0.2) is 57.2 Å². The molecule has 0 spiro atoms. The van der Waals surface area contributed by atoms with E-state index in [-0.39, 0.29) is 29.6 Å². The number of aromatic nitrogens is 2. The minimum Gasteiger partial charge on any atom is -0.496 e. The number of carbonyl (C=O) groups is 1. The Bertz CT molecular complexity index is 1020. The number of hydrogen-bond donors (Lipinski definition) is 1. The Balaban J connectivity index is 1.44. The summed E-state index contributed by atoms with van der Waals surface area (Å²) in [5.41, 5.74) is 2.44. The van der Waals surface area contributed by atoms with Gasteiger partial charge in [0.2, 0.25) is 0 Å². The fourth-order valence-corrected chi connectivity index (χ4v) is 6.01. The quantitative estimate of drug-likeness (QED) is 0.791. The number of piperidine rings is 1. The van der Waals surface area contributed by atoms with Crippen LogP contribution in [-0.2, 0) is 16.6 Å². The molecule has 1 aromatic carbocycles. The maximum Gasteiger partial charge on any atom is 0.176 e. The summed E-state index contributed by atoms with van der Waals surface area (Å²) in [5.74, 6) is 1.39. The third kappa shape index (κ3) is 3.67.